The molecule has 1 aliphatic heterocycles. The Morgan fingerprint density at radius 2 is 1.42 bits per heavy atom. The average molecular weight is 168 g/mol. The first kappa shape index (κ1) is 8.55. The van der Waals surface area contributed by atoms with Gasteiger partial charge in [0.15, 0.2) is 0 Å². The van der Waals surface area contributed by atoms with Gasteiger partial charge in [-0.25, -0.2) is 0 Å². The first-order valence-electron chi connectivity index (χ1n) is 5.62. The Morgan fingerprint density at radius 1 is 0.833 bits per heavy atom. The molecule has 1 heterocycles. The van der Waals surface area contributed by atoms with E-state index in [4.69, 9.17) is 0 Å². The van der Waals surface area contributed by atoms with Crippen molar-refractivity contribution in [3.63, 3.8) is 0 Å². The molecule has 1 saturated heterocycles. The molecule has 1 heteroatoms. The monoisotopic (exact) mass is 168 g/mol. The summed E-state index contributed by atoms with van der Waals surface area (Å²) in [5.41, 5.74) is 0.817. The summed E-state index contributed by atoms with van der Waals surface area (Å²) >= 11 is 0. The summed E-state index contributed by atoms with van der Waals surface area (Å²) in [6.07, 6.45) is 10.6. The fourth-order valence-corrected chi connectivity index (χ4v) is 3.01. The van der Waals surface area contributed by atoms with Crippen molar-refractivity contribution in [3.05, 3.63) is 0 Å². The van der Waals surface area contributed by atoms with Crippen LogP contribution in [0.4, 0.5) is 0 Å². The Morgan fingerprint density at radius 3 is 2.00 bits per heavy atom. The maximum Gasteiger partial charge on any atom is 0.0774 e. The molecule has 1 spiro atoms. The summed E-state index contributed by atoms with van der Waals surface area (Å²) in [7, 11) is 2.34. The molecule has 0 aromatic rings. The quantitative estimate of drug-likeness (QED) is 0.555. The maximum absolute atomic E-state index is 2.34. The van der Waals surface area contributed by atoms with Crippen LogP contribution in [0, 0.1) is 5.41 Å². The van der Waals surface area contributed by atoms with E-state index >= 15 is 0 Å². The Kier molecular flexibility index (Phi) is 2.40. The molecule has 1 N–H and O–H groups in total. The fourth-order valence-electron chi connectivity index (χ4n) is 3.01. The second-order valence-electron chi connectivity index (χ2n) is 5.02. The van der Waals surface area contributed by atoms with Gasteiger partial charge in [0.1, 0.15) is 0 Å². The molecule has 0 amide bonds. The van der Waals surface area contributed by atoms with Crippen LogP contribution in [-0.4, -0.2) is 20.1 Å². The zero-order chi connectivity index (χ0) is 8.44. The van der Waals surface area contributed by atoms with E-state index in [2.05, 4.69) is 7.05 Å². The van der Waals surface area contributed by atoms with Crippen molar-refractivity contribution >= 4 is 0 Å². The number of hydrogen-bond acceptors (Lipinski definition) is 0. The molecule has 2 aliphatic rings. The van der Waals surface area contributed by atoms with Crippen LogP contribution in [0.5, 0.6) is 0 Å². The van der Waals surface area contributed by atoms with E-state index in [0.29, 0.717) is 0 Å². The number of quaternary nitrogens is 1. The van der Waals surface area contributed by atoms with Crippen LogP contribution < -0.4 is 4.90 Å². The lowest BCUT2D eigenvalue weighted by Gasteiger charge is -2.41. The average Bonchev–Trinajstić information content (AvgIpc) is 2.13. The van der Waals surface area contributed by atoms with Crippen LogP contribution in [0.15, 0.2) is 0 Å². The van der Waals surface area contributed by atoms with E-state index in [1.165, 1.54) is 45.2 Å². The minimum atomic E-state index is 0.817. The number of likely N-dealkylation sites (tertiary alicyclic amines) is 1. The molecule has 0 bridgehead atoms. The third-order valence-corrected chi connectivity index (χ3v) is 4.08. The third kappa shape index (κ3) is 1.66. The van der Waals surface area contributed by atoms with Crippen LogP contribution in [-0.2, 0) is 0 Å². The standard InChI is InChI=1S/C11H21N/c1-12-9-7-11(8-10-12)5-3-2-4-6-11/h2-10H2,1H3/p+1. The largest absolute Gasteiger partial charge is 0.337 e. The lowest BCUT2D eigenvalue weighted by atomic mass is 9.68. The predicted octanol–water partition coefficient (Wildman–Crippen LogP) is 1.25. The molecule has 70 valence electrons. The Bertz CT molecular complexity index is 137. The number of nitrogens with one attached hydrogen (secondary N) is 1. The van der Waals surface area contributed by atoms with Gasteiger partial charge in [0.05, 0.1) is 20.1 Å². The maximum atomic E-state index is 2.34. The summed E-state index contributed by atoms with van der Waals surface area (Å²) in [5.74, 6) is 0. The summed E-state index contributed by atoms with van der Waals surface area (Å²) in [5, 5.41) is 0. The van der Waals surface area contributed by atoms with E-state index in [0.717, 1.165) is 5.41 Å². The van der Waals surface area contributed by atoms with Gasteiger partial charge in [-0.2, -0.15) is 0 Å². The van der Waals surface area contributed by atoms with Crippen molar-refractivity contribution in [1.82, 2.24) is 0 Å². The van der Waals surface area contributed by atoms with Crippen molar-refractivity contribution in [2.75, 3.05) is 20.1 Å². The van der Waals surface area contributed by atoms with Gasteiger partial charge in [-0.3, -0.25) is 0 Å². The minimum Gasteiger partial charge on any atom is -0.337 e. The smallest absolute Gasteiger partial charge is 0.0774 e. The highest BCUT2D eigenvalue weighted by Crippen LogP contribution is 2.42. The molecule has 0 aromatic heterocycles. The SMILES string of the molecule is C[NH+]1CCC2(CCCCC2)CC1. The normalized spacial score (nSPS) is 30.8. The van der Waals surface area contributed by atoms with Gasteiger partial charge in [-0.05, 0) is 18.3 Å². The minimum absolute atomic E-state index is 0.817. The molecule has 0 aromatic carbocycles. The highest BCUT2D eigenvalue weighted by molar-refractivity contribution is 4.83. The Labute approximate surface area is 76.1 Å². The molecule has 1 nitrogen and oxygen atoms in total. The van der Waals surface area contributed by atoms with Crippen molar-refractivity contribution < 1.29 is 4.90 Å². The Hall–Kier alpha value is -0.0400. The van der Waals surface area contributed by atoms with Crippen LogP contribution >= 0.6 is 0 Å². The van der Waals surface area contributed by atoms with Crippen LogP contribution in [0.1, 0.15) is 44.9 Å². The van der Waals surface area contributed by atoms with Crippen LogP contribution in [0.2, 0.25) is 0 Å². The second-order valence-corrected chi connectivity index (χ2v) is 5.02. The second kappa shape index (κ2) is 3.37. The Balaban J connectivity index is 1.92. The molecular weight excluding hydrogens is 146 g/mol. The summed E-state index contributed by atoms with van der Waals surface area (Å²) < 4.78 is 0. The number of rotatable bonds is 0. The van der Waals surface area contributed by atoms with E-state index in [1.54, 1.807) is 17.7 Å². The predicted molar refractivity (Wildman–Crippen MR) is 51.4 cm³/mol. The van der Waals surface area contributed by atoms with E-state index in [-0.39, 0.29) is 0 Å². The first-order valence-corrected chi connectivity index (χ1v) is 5.62. The molecule has 12 heavy (non-hydrogen) atoms. The molecule has 1 saturated carbocycles. The highest BCUT2D eigenvalue weighted by Gasteiger charge is 2.36. The van der Waals surface area contributed by atoms with Crippen LogP contribution in [0.25, 0.3) is 0 Å². The molecule has 0 radical (unpaired) electrons. The van der Waals surface area contributed by atoms with Gasteiger partial charge >= 0.3 is 0 Å². The molecule has 2 fully saturated rings. The van der Waals surface area contributed by atoms with Crippen molar-refractivity contribution in [2.45, 2.75) is 44.9 Å². The lowest BCUT2D eigenvalue weighted by molar-refractivity contribution is -0.887. The molecule has 0 unspecified atom stereocenters. The summed E-state index contributed by atoms with van der Waals surface area (Å²) in [6.45, 7) is 2.86. The lowest BCUT2D eigenvalue weighted by Crippen LogP contribution is -3.10. The summed E-state index contributed by atoms with van der Waals surface area (Å²) in [6, 6.07) is 0. The van der Waals surface area contributed by atoms with Gasteiger partial charge in [0.2, 0.25) is 0 Å². The molecule has 2 rings (SSSR count). The van der Waals surface area contributed by atoms with E-state index in [9.17, 15) is 0 Å². The molecule has 0 atom stereocenters. The first-order chi connectivity index (χ1) is 5.81. The topological polar surface area (TPSA) is 4.44 Å². The number of piperidine rings is 1. The van der Waals surface area contributed by atoms with E-state index < -0.39 is 0 Å². The van der Waals surface area contributed by atoms with Gasteiger partial charge in [-0.1, -0.05) is 19.3 Å². The van der Waals surface area contributed by atoms with Crippen LogP contribution in [0.3, 0.4) is 0 Å². The third-order valence-electron chi connectivity index (χ3n) is 4.08. The zero-order valence-electron chi connectivity index (χ0n) is 8.36. The van der Waals surface area contributed by atoms with Crippen molar-refractivity contribution in [2.24, 2.45) is 5.41 Å². The zero-order valence-corrected chi connectivity index (χ0v) is 8.36. The van der Waals surface area contributed by atoms with E-state index in [1.807, 2.05) is 0 Å². The highest BCUT2D eigenvalue weighted by atomic mass is 15.1. The van der Waals surface area contributed by atoms with Gasteiger partial charge in [0, 0.05) is 12.8 Å². The fraction of sp³-hybridized carbons (Fsp3) is 1.00. The molecule has 1 aliphatic carbocycles. The van der Waals surface area contributed by atoms with Gasteiger partial charge in [0.25, 0.3) is 0 Å². The van der Waals surface area contributed by atoms with Gasteiger partial charge < -0.3 is 4.90 Å². The summed E-state index contributed by atoms with van der Waals surface area (Å²) in [4.78, 5) is 1.76. The molecular formula is C11H22N+. The van der Waals surface area contributed by atoms with Crippen molar-refractivity contribution in [3.8, 4) is 0 Å². The van der Waals surface area contributed by atoms with Crippen molar-refractivity contribution in [1.29, 1.82) is 0 Å². The van der Waals surface area contributed by atoms with Gasteiger partial charge in [-0.15, -0.1) is 0 Å². The number of hydrogen-bond donors (Lipinski definition) is 1.